The SMILES string of the molecule is COCCONC(=O)CSc1ccc(F)c(F)c1. The van der Waals surface area contributed by atoms with Gasteiger partial charge in [-0.15, -0.1) is 11.8 Å². The van der Waals surface area contributed by atoms with E-state index in [1.807, 2.05) is 0 Å². The average Bonchev–Trinajstić information content (AvgIpc) is 2.36. The summed E-state index contributed by atoms with van der Waals surface area (Å²) in [6.45, 7) is 0.620. The molecule has 1 rings (SSSR count). The maximum atomic E-state index is 12.9. The second kappa shape index (κ2) is 8.02. The van der Waals surface area contributed by atoms with Crippen molar-refractivity contribution in [3.8, 4) is 0 Å². The smallest absolute Gasteiger partial charge is 0.253 e. The predicted octanol–water partition coefficient (Wildman–Crippen LogP) is 1.75. The first-order valence-electron chi connectivity index (χ1n) is 5.11. The van der Waals surface area contributed by atoms with E-state index in [4.69, 9.17) is 9.57 Å². The molecule has 1 amide bonds. The molecule has 0 aliphatic carbocycles. The fraction of sp³-hybridized carbons (Fsp3) is 0.364. The van der Waals surface area contributed by atoms with Crippen LogP contribution in [0.2, 0.25) is 0 Å². The summed E-state index contributed by atoms with van der Waals surface area (Å²) in [5.41, 5.74) is 2.21. The summed E-state index contributed by atoms with van der Waals surface area (Å²) < 4.78 is 30.2. The summed E-state index contributed by atoms with van der Waals surface area (Å²) in [7, 11) is 1.52. The standard InChI is InChI=1S/C11H13F2NO3S/c1-16-4-5-17-14-11(15)7-18-8-2-3-9(12)10(13)6-8/h2-3,6H,4-5,7H2,1H3,(H,14,15). The van der Waals surface area contributed by atoms with Gasteiger partial charge < -0.3 is 4.74 Å². The molecule has 1 aromatic carbocycles. The lowest BCUT2D eigenvalue weighted by Crippen LogP contribution is -2.26. The van der Waals surface area contributed by atoms with Gasteiger partial charge in [0, 0.05) is 12.0 Å². The lowest BCUT2D eigenvalue weighted by atomic mass is 10.3. The number of rotatable bonds is 7. The summed E-state index contributed by atoms with van der Waals surface area (Å²) in [6.07, 6.45) is 0. The maximum Gasteiger partial charge on any atom is 0.253 e. The number of hydroxylamine groups is 1. The lowest BCUT2D eigenvalue weighted by molar-refractivity contribution is -0.131. The van der Waals surface area contributed by atoms with Gasteiger partial charge in [0.2, 0.25) is 0 Å². The molecule has 18 heavy (non-hydrogen) atoms. The highest BCUT2D eigenvalue weighted by molar-refractivity contribution is 8.00. The fourth-order valence-corrected chi connectivity index (χ4v) is 1.71. The molecule has 0 unspecified atom stereocenters. The zero-order chi connectivity index (χ0) is 13.4. The van der Waals surface area contributed by atoms with Crippen molar-refractivity contribution >= 4 is 17.7 Å². The Morgan fingerprint density at radius 3 is 2.78 bits per heavy atom. The molecule has 0 atom stereocenters. The largest absolute Gasteiger partial charge is 0.382 e. The van der Waals surface area contributed by atoms with Crippen LogP contribution in [-0.2, 0) is 14.4 Å². The number of thioether (sulfide) groups is 1. The van der Waals surface area contributed by atoms with Crippen molar-refractivity contribution in [3.63, 3.8) is 0 Å². The molecule has 0 heterocycles. The molecule has 0 saturated heterocycles. The molecule has 4 nitrogen and oxygen atoms in total. The third-order valence-electron chi connectivity index (χ3n) is 1.84. The molecule has 0 aromatic heterocycles. The number of carbonyl (C=O) groups excluding carboxylic acids is 1. The van der Waals surface area contributed by atoms with Crippen molar-refractivity contribution in [2.75, 3.05) is 26.1 Å². The number of halogens is 2. The average molecular weight is 277 g/mol. The van der Waals surface area contributed by atoms with Crippen molar-refractivity contribution in [3.05, 3.63) is 29.8 Å². The zero-order valence-corrected chi connectivity index (χ0v) is 10.6. The van der Waals surface area contributed by atoms with E-state index < -0.39 is 11.6 Å². The summed E-state index contributed by atoms with van der Waals surface area (Å²) in [5, 5.41) is 0. The maximum absolute atomic E-state index is 12.9. The Labute approximate surface area is 108 Å². The summed E-state index contributed by atoms with van der Waals surface area (Å²) in [5.74, 6) is -2.15. The Morgan fingerprint density at radius 1 is 1.33 bits per heavy atom. The minimum absolute atomic E-state index is 0.0536. The summed E-state index contributed by atoms with van der Waals surface area (Å²) in [4.78, 5) is 16.5. The number of nitrogens with one attached hydrogen (secondary N) is 1. The van der Waals surface area contributed by atoms with E-state index in [9.17, 15) is 13.6 Å². The Hall–Kier alpha value is -1.18. The van der Waals surface area contributed by atoms with E-state index in [0.29, 0.717) is 11.5 Å². The number of hydrogen-bond acceptors (Lipinski definition) is 4. The Morgan fingerprint density at radius 2 is 2.11 bits per heavy atom. The zero-order valence-electron chi connectivity index (χ0n) is 9.74. The number of hydrogen-bond donors (Lipinski definition) is 1. The molecular weight excluding hydrogens is 264 g/mol. The first-order chi connectivity index (χ1) is 8.63. The van der Waals surface area contributed by atoms with Crippen molar-refractivity contribution in [2.24, 2.45) is 0 Å². The number of amides is 1. The number of carbonyl (C=O) groups is 1. The van der Waals surface area contributed by atoms with E-state index in [0.717, 1.165) is 23.9 Å². The third kappa shape index (κ3) is 5.44. The molecule has 1 N–H and O–H groups in total. The van der Waals surface area contributed by atoms with E-state index in [-0.39, 0.29) is 18.3 Å². The topological polar surface area (TPSA) is 47.6 Å². The molecular formula is C11H13F2NO3S. The van der Waals surface area contributed by atoms with Crippen LogP contribution in [0.1, 0.15) is 0 Å². The van der Waals surface area contributed by atoms with Crippen molar-refractivity contribution < 1.29 is 23.1 Å². The van der Waals surface area contributed by atoms with Crippen LogP contribution in [0.15, 0.2) is 23.1 Å². The summed E-state index contributed by atoms with van der Waals surface area (Å²) >= 11 is 1.09. The number of benzene rings is 1. The van der Waals surface area contributed by atoms with Crippen LogP contribution in [0.4, 0.5) is 8.78 Å². The van der Waals surface area contributed by atoms with Crippen LogP contribution in [0.25, 0.3) is 0 Å². The van der Waals surface area contributed by atoms with Gasteiger partial charge >= 0.3 is 0 Å². The predicted molar refractivity (Wildman–Crippen MR) is 63.1 cm³/mol. The van der Waals surface area contributed by atoms with Crippen LogP contribution >= 0.6 is 11.8 Å². The normalized spacial score (nSPS) is 10.4. The van der Waals surface area contributed by atoms with Crippen LogP contribution in [-0.4, -0.2) is 32.0 Å². The van der Waals surface area contributed by atoms with E-state index in [1.165, 1.54) is 13.2 Å². The molecule has 0 saturated carbocycles. The van der Waals surface area contributed by atoms with Crippen molar-refractivity contribution in [1.29, 1.82) is 0 Å². The lowest BCUT2D eigenvalue weighted by Gasteiger charge is -2.05. The third-order valence-corrected chi connectivity index (χ3v) is 2.83. The summed E-state index contributed by atoms with van der Waals surface area (Å²) in [6, 6.07) is 3.46. The van der Waals surface area contributed by atoms with Crippen molar-refractivity contribution in [1.82, 2.24) is 5.48 Å². The molecule has 0 fully saturated rings. The molecule has 0 aliphatic heterocycles. The molecule has 1 aromatic rings. The van der Waals surface area contributed by atoms with E-state index in [1.54, 1.807) is 0 Å². The highest BCUT2D eigenvalue weighted by Crippen LogP contribution is 2.19. The van der Waals surface area contributed by atoms with E-state index in [2.05, 4.69) is 5.48 Å². The van der Waals surface area contributed by atoms with Gasteiger partial charge in [-0.2, -0.15) is 0 Å². The van der Waals surface area contributed by atoms with Gasteiger partial charge in [0.25, 0.3) is 5.91 Å². The molecule has 0 spiro atoms. The minimum Gasteiger partial charge on any atom is -0.382 e. The number of ether oxygens (including phenoxy) is 1. The first-order valence-corrected chi connectivity index (χ1v) is 6.09. The Balaban J connectivity index is 2.27. The second-order valence-electron chi connectivity index (χ2n) is 3.23. The molecule has 7 heteroatoms. The van der Waals surface area contributed by atoms with Crippen LogP contribution in [0.5, 0.6) is 0 Å². The molecule has 100 valence electrons. The highest BCUT2D eigenvalue weighted by Gasteiger charge is 2.06. The molecule has 0 aliphatic rings. The number of methoxy groups -OCH3 is 1. The first kappa shape index (κ1) is 14.9. The van der Waals surface area contributed by atoms with Crippen LogP contribution < -0.4 is 5.48 Å². The van der Waals surface area contributed by atoms with Crippen LogP contribution in [0, 0.1) is 11.6 Å². The van der Waals surface area contributed by atoms with Gasteiger partial charge in [0.05, 0.1) is 19.0 Å². The van der Waals surface area contributed by atoms with Crippen LogP contribution in [0.3, 0.4) is 0 Å². The monoisotopic (exact) mass is 277 g/mol. The quantitative estimate of drug-likeness (QED) is 0.468. The second-order valence-corrected chi connectivity index (χ2v) is 4.28. The molecule has 0 bridgehead atoms. The van der Waals surface area contributed by atoms with Gasteiger partial charge in [-0.25, -0.2) is 14.3 Å². The van der Waals surface area contributed by atoms with Gasteiger partial charge in [0.15, 0.2) is 11.6 Å². The van der Waals surface area contributed by atoms with E-state index >= 15 is 0 Å². The van der Waals surface area contributed by atoms with Gasteiger partial charge in [-0.05, 0) is 18.2 Å². The highest BCUT2D eigenvalue weighted by atomic mass is 32.2. The van der Waals surface area contributed by atoms with Crippen molar-refractivity contribution in [2.45, 2.75) is 4.90 Å². The Kier molecular flexibility index (Phi) is 6.63. The minimum atomic E-state index is -0.934. The Bertz CT molecular complexity index is 404. The van der Waals surface area contributed by atoms with Gasteiger partial charge in [-0.3, -0.25) is 9.63 Å². The van der Waals surface area contributed by atoms with Gasteiger partial charge in [0.1, 0.15) is 0 Å². The fourth-order valence-electron chi connectivity index (χ4n) is 1.00. The van der Waals surface area contributed by atoms with Gasteiger partial charge in [-0.1, -0.05) is 0 Å². The molecule has 0 radical (unpaired) electrons.